The highest BCUT2D eigenvalue weighted by Crippen LogP contribution is 2.26. The number of benzene rings is 1. The van der Waals surface area contributed by atoms with Crippen LogP contribution in [0.4, 0.5) is 5.82 Å². The molecule has 0 radical (unpaired) electrons. The number of hydrogen-bond acceptors (Lipinski definition) is 6. The molecule has 2 aromatic heterocycles. The van der Waals surface area contributed by atoms with Crippen LogP contribution in [0.5, 0.6) is 0 Å². The zero-order valence-corrected chi connectivity index (χ0v) is 17.4. The topological polar surface area (TPSA) is 71.3 Å². The van der Waals surface area contributed by atoms with Crippen LogP contribution in [-0.4, -0.2) is 29.0 Å². The van der Waals surface area contributed by atoms with Gasteiger partial charge in [0.05, 0.1) is 12.8 Å². The van der Waals surface area contributed by atoms with Crippen LogP contribution in [0.1, 0.15) is 34.5 Å². The van der Waals surface area contributed by atoms with E-state index in [2.05, 4.69) is 20.2 Å². The second kappa shape index (κ2) is 9.33. The lowest BCUT2D eigenvalue weighted by Gasteiger charge is -2.16. The Hall–Kier alpha value is -2.51. The molecular weight excluding hydrogens is 408 g/mol. The molecular formula is C21H21ClN4O2S. The summed E-state index contributed by atoms with van der Waals surface area (Å²) in [5.41, 5.74) is 1.70. The smallest absolute Gasteiger partial charge is 0.251 e. The van der Waals surface area contributed by atoms with Crippen molar-refractivity contribution < 1.29 is 9.21 Å². The van der Waals surface area contributed by atoms with E-state index in [0.29, 0.717) is 28.2 Å². The molecule has 0 unspecified atom stereocenters. The average molecular weight is 429 g/mol. The number of halogens is 1. The van der Waals surface area contributed by atoms with Gasteiger partial charge in [0.25, 0.3) is 5.91 Å². The molecule has 150 valence electrons. The van der Waals surface area contributed by atoms with Crippen LogP contribution < -0.4 is 10.2 Å². The number of amides is 1. The van der Waals surface area contributed by atoms with E-state index < -0.39 is 0 Å². The quantitative estimate of drug-likeness (QED) is 0.338. The number of anilines is 1. The Balaban J connectivity index is 1.33. The van der Waals surface area contributed by atoms with Gasteiger partial charge in [-0.1, -0.05) is 35.5 Å². The van der Waals surface area contributed by atoms with Crippen LogP contribution in [0.2, 0.25) is 5.15 Å². The summed E-state index contributed by atoms with van der Waals surface area (Å²) >= 11 is 7.73. The Morgan fingerprint density at radius 1 is 1.17 bits per heavy atom. The molecule has 1 saturated heterocycles. The number of nitrogens with zero attached hydrogens (tertiary/aromatic N) is 3. The lowest BCUT2D eigenvalue weighted by atomic mass is 10.1. The average Bonchev–Trinajstić information content (AvgIpc) is 3.44. The lowest BCUT2D eigenvalue weighted by Crippen LogP contribution is -2.22. The molecule has 4 rings (SSSR count). The van der Waals surface area contributed by atoms with E-state index >= 15 is 0 Å². The molecule has 0 saturated carbocycles. The standard InChI is InChI=1S/C21H21ClN4O2S/c22-18-12-19(26-9-1-2-10-26)25-21(24-18)29-14-15-5-7-16(8-6-15)20(27)23-13-17-4-3-11-28-17/h3-8,11-12H,1-2,9-10,13-14H2,(H,23,27). The summed E-state index contributed by atoms with van der Waals surface area (Å²) in [6.07, 6.45) is 3.96. The van der Waals surface area contributed by atoms with Crippen LogP contribution in [0, 0.1) is 0 Å². The fourth-order valence-corrected chi connectivity index (χ4v) is 4.18. The van der Waals surface area contributed by atoms with E-state index in [4.69, 9.17) is 16.0 Å². The predicted molar refractivity (Wildman–Crippen MR) is 114 cm³/mol. The molecule has 1 aromatic carbocycles. The number of carbonyl (C=O) groups is 1. The Bertz CT molecular complexity index is 957. The molecule has 29 heavy (non-hydrogen) atoms. The normalized spacial score (nSPS) is 13.6. The number of carbonyl (C=O) groups excluding carboxylic acids is 1. The van der Waals surface area contributed by atoms with Crippen molar-refractivity contribution in [1.82, 2.24) is 15.3 Å². The zero-order chi connectivity index (χ0) is 20.1. The van der Waals surface area contributed by atoms with Crippen LogP contribution in [0.15, 0.2) is 58.3 Å². The maximum Gasteiger partial charge on any atom is 0.251 e. The Labute approximate surface area is 178 Å². The van der Waals surface area contributed by atoms with Crippen molar-refractivity contribution in [3.05, 3.63) is 70.8 Å². The van der Waals surface area contributed by atoms with Gasteiger partial charge in [-0.3, -0.25) is 4.79 Å². The summed E-state index contributed by atoms with van der Waals surface area (Å²) in [5.74, 6) is 2.19. The van der Waals surface area contributed by atoms with E-state index in [1.165, 1.54) is 24.6 Å². The van der Waals surface area contributed by atoms with Crippen LogP contribution in [0.25, 0.3) is 0 Å². The maximum atomic E-state index is 12.2. The summed E-state index contributed by atoms with van der Waals surface area (Å²) in [6.45, 7) is 2.40. The Kier molecular flexibility index (Phi) is 6.36. The third-order valence-corrected chi connectivity index (χ3v) is 5.79. The second-order valence-electron chi connectivity index (χ2n) is 6.77. The SMILES string of the molecule is O=C(NCc1ccco1)c1ccc(CSc2nc(Cl)cc(N3CCCC3)n2)cc1. The maximum absolute atomic E-state index is 12.2. The fourth-order valence-electron chi connectivity index (χ4n) is 3.14. The molecule has 0 bridgehead atoms. The molecule has 1 aliphatic heterocycles. The Morgan fingerprint density at radius 2 is 1.97 bits per heavy atom. The highest BCUT2D eigenvalue weighted by atomic mass is 35.5. The first-order chi connectivity index (χ1) is 14.2. The van der Waals surface area contributed by atoms with E-state index in [9.17, 15) is 4.79 Å². The minimum Gasteiger partial charge on any atom is -0.467 e. The highest BCUT2D eigenvalue weighted by Gasteiger charge is 2.16. The van der Waals surface area contributed by atoms with Gasteiger partial charge >= 0.3 is 0 Å². The summed E-state index contributed by atoms with van der Waals surface area (Å²) in [6, 6.07) is 13.0. The van der Waals surface area contributed by atoms with Gasteiger partial charge in [-0.05, 0) is 42.7 Å². The van der Waals surface area contributed by atoms with Crippen molar-refractivity contribution >= 4 is 35.1 Å². The molecule has 8 heteroatoms. The number of hydrogen-bond donors (Lipinski definition) is 1. The van der Waals surface area contributed by atoms with Crippen molar-refractivity contribution in [2.24, 2.45) is 0 Å². The number of aromatic nitrogens is 2. The first kappa shape index (κ1) is 19.8. The summed E-state index contributed by atoms with van der Waals surface area (Å²) < 4.78 is 5.22. The van der Waals surface area contributed by atoms with Gasteiger partial charge < -0.3 is 14.6 Å². The molecule has 1 amide bonds. The number of furan rings is 1. The minimum absolute atomic E-state index is 0.131. The molecule has 0 spiro atoms. The second-order valence-corrected chi connectivity index (χ2v) is 8.10. The molecule has 1 aliphatic rings. The lowest BCUT2D eigenvalue weighted by molar-refractivity contribution is 0.0948. The molecule has 0 aliphatic carbocycles. The van der Waals surface area contributed by atoms with Crippen molar-refractivity contribution in [3.8, 4) is 0 Å². The molecule has 3 heterocycles. The van der Waals surface area contributed by atoms with Crippen LogP contribution in [0.3, 0.4) is 0 Å². The molecule has 3 aromatic rings. The van der Waals surface area contributed by atoms with Crippen molar-refractivity contribution in [2.75, 3.05) is 18.0 Å². The first-order valence-electron chi connectivity index (χ1n) is 9.49. The van der Waals surface area contributed by atoms with Crippen LogP contribution >= 0.6 is 23.4 Å². The molecule has 1 fully saturated rings. The highest BCUT2D eigenvalue weighted by molar-refractivity contribution is 7.98. The van der Waals surface area contributed by atoms with E-state index in [0.717, 1.165) is 30.2 Å². The van der Waals surface area contributed by atoms with Crippen molar-refractivity contribution in [3.63, 3.8) is 0 Å². The van der Waals surface area contributed by atoms with Crippen LogP contribution in [-0.2, 0) is 12.3 Å². The number of nitrogens with one attached hydrogen (secondary N) is 1. The van der Waals surface area contributed by atoms with Gasteiger partial charge in [-0.2, -0.15) is 0 Å². The predicted octanol–water partition coefficient (Wildman–Crippen LogP) is 4.55. The zero-order valence-electron chi connectivity index (χ0n) is 15.8. The number of thioether (sulfide) groups is 1. The molecule has 6 nitrogen and oxygen atoms in total. The van der Waals surface area contributed by atoms with Gasteiger partial charge in [0.1, 0.15) is 16.7 Å². The van der Waals surface area contributed by atoms with Gasteiger partial charge in [0.2, 0.25) is 0 Å². The third kappa shape index (κ3) is 5.31. The first-order valence-corrected chi connectivity index (χ1v) is 10.9. The van der Waals surface area contributed by atoms with E-state index in [1.807, 2.05) is 36.4 Å². The fraction of sp³-hybridized carbons (Fsp3) is 0.286. The van der Waals surface area contributed by atoms with Crippen molar-refractivity contribution in [2.45, 2.75) is 30.3 Å². The van der Waals surface area contributed by atoms with Crippen molar-refractivity contribution in [1.29, 1.82) is 0 Å². The van der Waals surface area contributed by atoms with Gasteiger partial charge in [-0.15, -0.1) is 0 Å². The van der Waals surface area contributed by atoms with Gasteiger partial charge in [-0.25, -0.2) is 9.97 Å². The number of rotatable bonds is 7. The van der Waals surface area contributed by atoms with E-state index in [1.54, 1.807) is 12.3 Å². The summed E-state index contributed by atoms with van der Waals surface area (Å²) in [4.78, 5) is 23.5. The van der Waals surface area contributed by atoms with Gasteiger partial charge in [0, 0.05) is 30.5 Å². The summed E-state index contributed by atoms with van der Waals surface area (Å²) in [7, 11) is 0. The van der Waals surface area contributed by atoms with E-state index in [-0.39, 0.29) is 5.91 Å². The molecule has 0 atom stereocenters. The largest absolute Gasteiger partial charge is 0.467 e. The minimum atomic E-state index is -0.131. The summed E-state index contributed by atoms with van der Waals surface area (Å²) in [5, 5.41) is 3.97. The third-order valence-electron chi connectivity index (χ3n) is 4.68. The molecule has 1 N–H and O–H groups in total. The van der Waals surface area contributed by atoms with Gasteiger partial charge in [0.15, 0.2) is 5.16 Å². The Morgan fingerprint density at radius 3 is 2.69 bits per heavy atom. The monoisotopic (exact) mass is 428 g/mol.